The fourth-order valence-corrected chi connectivity index (χ4v) is 8.33. The Morgan fingerprint density at radius 1 is 1.14 bits per heavy atom. The van der Waals surface area contributed by atoms with E-state index in [9.17, 15) is 9.50 Å². The van der Waals surface area contributed by atoms with E-state index >= 15 is 4.39 Å². The van der Waals surface area contributed by atoms with Crippen LogP contribution in [0, 0.1) is 24.5 Å². The van der Waals surface area contributed by atoms with Crippen LogP contribution in [0.25, 0.3) is 32.2 Å². The number of β-amino-alcohol motifs (C(OH)–C–C–N with tert-alkyl or cyclic N) is 1. The highest BCUT2D eigenvalue weighted by Crippen LogP contribution is 2.43. The lowest BCUT2D eigenvalue weighted by atomic mass is 9.92. The van der Waals surface area contributed by atoms with E-state index < -0.39 is 17.2 Å². The Bertz CT molecular complexity index is 1710. The van der Waals surface area contributed by atoms with E-state index in [0.717, 1.165) is 50.1 Å². The number of aliphatic hydroxyl groups is 1. The van der Waals surface area contributed by atoms with Crippen LogP contribution in [-0.2, 0) is 0 Å². The Kier molecular flexibility index (Phi) is 6.56. The fraction of sp³-hybridized carbons (Fsp3) is 0.516. The van der Waals surface area contributed by atoms with Crippen LogP contribution in [0.1, 0.15) is 51.5 Å². The van der Waals surface area contributed by atoms with Gasteiger partial charge in [0, 0.05) is 36.1 Å². The molecule has 7 rings (SSSR count). The van der Waals surface area contributed by atoms with Crippen molar-refractivity contribution in [1.29, 1.82) is 0 Å². The van der Waals surface area contributed by atoms with Crippen LogP contribution in [0.3, 0.4) is 0 Å². The molecule has 11 heteroatoms. The predicted octanol–water partition coefficient (Wildman–Crippen LogP) is 5.68. The second-order valence-corrected chi connectivity index (χ2v) is 13.9. The Morgan fingerprint density at radius 2 is 1.95 bits per heavy atom. The third-order valence-electron chi connectivity index (χ3n) is 9.31. The number of ether oxygens (including phenoxy) is 1. The number of hydrogen-bond donors (Lipinski definition) is 2. The van der Waals surface area contributed by atoms with Crippen LogP contribution in [0.2, 0.25) is 0 Å². The van der Waals surface area contributed by atoms with Gasteiger partial charge in [-0.3, -0.25) is 4.90 Å². The molecule has 0 saturated carbocycles. The highest BCUT2D eigenvalue weighted by Gasteiger charge is 2.48. The molecule has 222 valence electrons. The normalized spacial score (nSPS) is 26.4. The highest BCUT2D eigenvalue weighted by molar-refractivity contribution is 7.22. The molecule has 3 N–H and O–H groups in total. The largest absolute Gasteiger partial charge is 0.461 e. The van der Waals surface area contributed by atoms with Crippen molar-refractivity contribution in [2.75, 3.05) is 43.4 Å². The van der Waals surface area contributed by atoms with Crippen LogP contribution >= 0.6 is 11.3 Å². The van der Waals surface area contributed by atoms with Crippen molar-refractivity contribution < 1.29 is 18.6 Å². The van der Waals surface area contributed by atoms with Crippen molar-refractivity contribution >= 4 is 43.4 Å². The number of nitrogens with zero attached hydrogens (tertiary/aromatic N) is 5. The number of thiazole rings is 1. The van der Waals surface area contributed by atoms with Crippen molar-refractivity contribution in [2.45, 2.75) is 64.0 Å². The molecule has 3 atom stereocenters. The van der Waals surface area contributed by atoms with Crippen molar-refractivity contribution in [3.8, 4) is 17.1 Å². The molecular formula is C31H36F2N6O2S. The molecule has 3 aliphatic rings. The van der Waals surface area contributed by atoms with Crippen LogP contribution in [0.5, 0.6) is 6.01 Å². The zero-order valence-corrected chi connectivity index (χ0v) is 25.0. The van der Waals surface area contributed by atoms with Gasteiger partial charge in [-0.05, 0) is 82.2 Å². The van der Waals surface area contributed by atoms with Gasteiger partial charge in [0.05, 0.1) is 21.4 Å². The number of piperidine rings is 1. The molecule has 3 saturated heterocycles. The highest BCUT2D eigenvalue weighted by atomic mass is 32.1. The van der Waals surface area contributed by atoms with E-state index in [1.165, 1.54) is 6.07 Å². The molecule has 0 unspecified atom stereocenters. The average Bonchev–Trinajstić information content (AvgIpc) is 3.60. The average molecular weight is 595 g/mol. The first kappa shape index (κ1) is 27.7. The van der Waals surface area contributed by atoms with Gasteiger partial charge in [-0.15, -0.1) is 0 Å². The first-order valence-electron chi connectivity index (χ1n) is 14.7. The molecule has 3 fully saturated rings. The summed E-state index contributed by atoms with van der Waals surface area (Å²) < 4.78 is 38.0. The van der Waals surface area contributed by atoms with Crippen LogP contribution < -0.4 is 15.4 Å². The standard InChI is InChI=1S/C31H36F2N6O2S/c1-17-13-31(9-5-11-39(31)14-17)16-41-29-36-24-20(27(37-29)38-10-4-8-30(3,40)15-38)12-18(2)22(23(24)33)19-6-7-21(32)26-25(19)35-28(34)42-26/h6-7,12,17,40H,4-5,8-11,13-16H2,1-3H3,(H2,34,35)/t17-,30-,31+/m1/s1. The van der Waals surface area contributed by atoms with Gasteiger partial charge < -0.3 is 20.5 Å². The van der Waals surface area contributed by atoms with E-state index in [2.05, 4.69) is 21.8 Å². The lowest BCUT2D eigenvalue weighted by molar-refractivity contribution is 0.0447. The minimum Gasteiger partial charge on any atom is -0.461 e. The molecule has 5 heterocycles. The SMILES string of the molecule is Cc1cc2c(N3CCC[C@@](C)(O)C3)nc(OC[C@@]34CCCN3C[C@H](C)C4)nc2c(F)c1-c1ccc(F)c2sc(N)nc12. The molecule has 0 aliphatic carbocycles. The summed E-state index contributed by atoms with van der Waals surface area (Å²) in [5, 5.41) is 11.7. The van der Waals surface area contributed by atoms with Gasteiger partial charge in [0.2, 0.25) is 0 Å². The maximum atomic E-state index is 16.8. The number of benzene rings is 2. The van der Waals surface area contributed by atoms with Crippen molar-refractivity contribution in [1.82, 2.24) is 19.9 Å². The van der Waals surface area contributed by atoms with Crippen molar-refractivity contribution in [3.63, 3.8) is 0 Å². The van der Waals surface area contributed by atoms with Crippen LogP contribution in [-0.4, -0.2) is 68.9 Å². The summed E-state index contributed by atoms with van der Waals surface area (Å²) in [5.41, 5.74) is 6.84. The molecule has 0 spiro atoms. The molecule has 0 bridgehead atoms. The van der Waals surface area contributed by atoms with Gasteiger partial charge in [-0.2, -0.15) is 9.97 Å². The maximum Gasteiger partial charge on any atom is 0.319 e. The summed E-state index contributed by atoms with van der Waals surface area (Å²) in [6, 6.07) is 4.87. The van der Waals surface area contributed by atoms with Crippen LogP contribution in [0.15, 0.2) is 18.2 Å². The zero-order valence-electron chi connectivity index (χ0n) is 24.2. The number of aromatic nitrogens is 3. The van der Waals surface area contributed by atoms with Gasteiger partial charge in [-0.1, -0.05) is 18.3 Å². The predicted molar refractivity (Wildman–Crippen MR) is 162 cm³/mol. The second kappa shape index (κ2) is 9.96. The molecular weight excluding hydrogens is 558 g/mol. The number of nitrogens with two attached hydrogens (primary N) is 1. The Hall–Kier alpha value is -3.15. The first-order valence-corrected chi connectivity index (χ1v) is 15.6. The first-order chi connectivity index (χ1) is 20.0. The Labute approximate surface area is 247 Å². The van der Waals surface area contributed by atoms with Gasteiger partial charge in [-0.25, -0.2) is 13.8 Å². The summed E-state index contributed by atoms with van der Waals surface area (Å²) >= 11 is 1.04. The third kappa shape index (κ3) is 4.57. The third-order valence-corrected chi connectivity index (χ3v) is 10.2. The Balaban J connectivity index is 1.37. The number of nitrogen functional groups attached to an aromatic ring is 1. The van der Waals surface area contributed by atoms with E-state index in [1.807, 2.05) is 24.8 Å². The lowest BCUT2D eigenvalue weighted by Crippen LogP contribution is -2.46. The fourth-order valence-electron chi connectivity index (χ4n) is 7.57. The topological polar surface area (TPSA) is 101 Å². The number of rotatable bonds is 5. The van der Waals surface area contributed by atoms with Gasteiger partial charge in [0.15, 0.2) is 10.9 Å². The molecule has 8 nitrogen and oxygen atoms in total. The van der Waals surface area contributed by atoms with Gasteiger partial charge in [0.25, 0.3) is 0 Å². The second-order valence-electron chi connectivity index (χ2n) is 12.8. The molecule has 2 aromatic carbocycles. The van der Waals surface area contributed by atoms with E-state index in [1.54, 1.807) is 6.07 Å². The monoisotopic (exact) mass is 594 g/mol. The summed E-state index contributed by atoms with van der Waals surface area (Å²) in [5.74, 6) is 0.150. The number of halogens is 2. The minimum atomic E-state index is -0.891. The van der Waals surface area contributed by atoms with Gasteiger partial charge >= 0.3 is 6.01 Å². The molecule has 3 aliphatic heterocycles. The molecule has 0 radical (unpaired) electrons. The molecule has 0 amide bonds. The summed E-state index contributed by atoms with van der Waals surface area (Å²) in [6.07, 6.45) is 4.71. The van der Waals surface area contributed by atoms with E-state index in [-0.39, 0.29) is 26.9 Å². The number of fused-ring (bicyclic) bond motifs is 3. The Morgan fingerprint density at radius 3 is 2.76 bits per heavy atom. The molecule has 4 aromatic rings. The van der Waals surface area contributed by atoms with Crippen molar-refractivity contribution in [2.24, 2.45) is 5.92 Å². The van der Waals surface area contributed by atoms with Crippen molar-refractivity contribution in [3.05, 3.63) is 35.4 Å². The smallest absolute Gasteiger partial charge is 0.319 e. The summed E-state index contributed by atoms with van der Waals surface area (Å²) in [7, 11) is 0. The number of anilines is 2. The quantitative estimate of drug-likeness (QED) is 0.305. The maximum absolute atomic E-state index is 16.8. The van der Waals surface area contributed by atoms with Crippen LogP contribution in [0.4, 0.5) is 19.7 Å². The minimum absolute atomic E-state index is 0.0477. The lowest BCUT2D eigenvalue weighted by Gasteiger charge is -2.38. The molecule has 2 aromatic heterocycles. The van der Waals surface area contributed by atoms with Gasteiger partial charge in [0.1, 0.15) is 23.8 Å². The number of aryl methyl sites for hydroxylation is 1. The summed E-state index contributed by atoms with van der Waals surface area (Å²) in [6.45, 7) is 9.51. The number of hydrogen-bond acceptors (Lipinski definition) is 9. The molecule has 42 heavy (non-hydrogen) atoms. The zero-order chi connectivity index (χ0) is 29.4. The van der Waals surface area contributed by atoms with E-state index in [4.69, 9.17) is 15.5 Å². The van der Waals surface area contributed by atoms with E-state index in [0.29, 0.717) is 65.4 Å². The summed E-state index contributed by atoms with van der Waals surface area (Å²) in [4.78, 5) is 18.4.